The Kier molecular flexibility index (Phi) is 5.26. The Hall–Kier alpha value is -1.26. The van der Waals surface area contributed by atoms with Gasteiger partial charge >= 0.3 is 0 Å². The highest BCUT2D eigenvalue weighted by Gasteiger charge is 2.22. The van der Waals surface area contributed by atoms with Crippen LogP contribution in [0.5, 0.6) is 11.5 Å². The van der Waals surface area contributed by atoms with Gasteiger partial charge in [0.15, 0.2) is 11.5 Å². The monoisotopic (exact) mass is 279 g/mol. The molecule has 1 aromatic carbocycles. The first-order chi connectivity index (χ1) is 9.68. The molecule has 0 radical (unpaired) electrons. The lowest BCUT2D eigenvalue weighted by Gasteiger charge is -2.29. The summed E-state index contributed by atoms with van der Waals surface area (Å²) in [5, 5.41) is 13.0. The molecule has 0 fully saturated rings. The number of ether oxygens (including phenoxy) is 2. The molecule has 2 N–H and O–H groups in total. The van der Waals surface area contributed by atoms with Crippen LogP contribution in [-0.2, 0) is 6.54 Å². The van der Waals surface area contributed by atoms with Crippen LogP contribution in [0, 0.1) is 0 Å². The molecule has 0 aromatic heterocycles. The lowest BCUT2D eigenvalue weighted by molar-refractivity contribution is 0.163. The molecule has 0 amide bonds. The average molecular weight is 279 g/mol. The van der Waals surface area contributed by atoms with Gasteiger partial charge in [0.25, 0.3) is 0 Å². The summed E-state index contributed by atoms with van der Waals surface area (Å²) in [6.45, 7) is 6.37. The molecule has 0 spiro atoms. The molecule has 4 nitrogen and oxygen atoms in total. The highest BCUT2D eigenvalue weighted by atomic mass is 16.5. The van der Waals surface area contributed by atoms with Gasteiger partial charge in [-0.1, -0.05) is 25.5 Å². The van der Waals surface area contributed by atoms with E-state index >= 15 is 0 Å². The van der Waals surface area contributed by atoms with E-state index in [0.29, 0.717) is 19.8 Å². The first-order valence-electron chi connectivity index (χ1n) is 7.42. The van der Waals surface area contributed by atoms with Gasteiger partial charge < -0.3 is 19.9 Å². The fourth-order valence-corrected chi connectivity index (χ4v) is 2.48. The molecule has 2 rings (SSSR count). The molecular formula is C16H25NO3. The maximum absolute atomic E-state index is 9.56. The van der Waals surface area contributed by atoms with E-state index in [9.17, 15) is 5.11 Å². The Bertz CT molecular complexity index is 436. The number of aliphatic hydroxyl groups excluding tert-OH is 1. The van der Waals surface area contributed by atoms with Gasteiger partial charge in [-0.25, -0.2) is 0 Å². The normalized spacial score (nSPS) is 17.4. The van der Waals surface area contributed by atoms with E-state index in [0.717, 1.165) is 36.3 Å². The van der Waals surface area contributed by atoms with E-state index in [-0.39, 0.29) is 12.1 Å². The number of rotatable bonds is 6. The number of para-hydroxylation sites is 1. The molecule has 0 saturated carbocycles. The molecule has 1 heterocycles. The maximum Gasteiger partial charge on any atom is 0.165 e. The van der Waals surface area contributed by atoms with Crippen LogP contribution in [0.25, 0.3) is 0 Å². The second-order valence-corrected chi connectivity index (χ2v) is 5.62. The van der Waals surface area contributed by atoms with Crippen LogP contribution >= 0.6 is 0 Å². The van der Waals surface area contributed by atoms with E-state index in [4.69, 9.17) is 9.47 Å². The fourth-order valence-electron chi connectivity index (χ4n) is 2.48. The van der Waals surface area contributed by atoms with Crippen LogP contribution in [-0.4, -0.2) is 30.5 Å². The van der Waals surface area contributed by atoms with Crippen LogP contribution in [0.1, 0.15) is 38.7 Å². The zero-order chi connectivity index (χ0) is 14.4. The van der Waals surface area contributed by atoms with Gasteiger partial charge in [-0.3, -0.25) is 0 Å². The predicted octanol–water partition coefficient (Wildman–Crippen LogP) is 2.49. The van der Waals surface area contributed by atoms with Crippen molar-refractivity contribution in [3.63, 3.8) is 0 Å². The Morgan fingerprint density at radius 3 is 2.85 bits per heavy atom. The highest BCUT2D eigenvalue weighted by Crippen LogP contribution is 2.33. The van der Waals surface area contributed by atoms with Crippen molar-refractivity contribution in [2.45, 2.75) is 45.2 Å². The Morgan fingerprint density at radius 1 is 1.30 bits per heavy atom. The van der Waals surface area contributed by atoms with Crippen LogP contribution in [0.4, 0.5) is 0 Å². The van der Waals surface area contributed by atoms with Gasteiger partial charge in [-0.2, -0.15) is 0 Å². The third-order valence-electron chi connectivity index (χ3n) is 3.71. The number of aliphatic hydroxyl groups is 1. The van der Waals surface area contributed by atoms with Gasteiger partial charge in [0.2, 0.25) is 0 Å². The van der Waals surface area contributed by atoms with Gasteiger partial charge in [0.05, 0.1) is 19.8 Å². The molecular weight excluding hydrogens is 254 g/mol. The van der Waals surface area contributed by atoms with Crippen LogP contribution in [0.15, 0.2) is 18.2 Å². The largest absolute Gasteiger partial charge is 0.490 e. The lowest BCUT2D eigenvalue weighted by Crippen LogP contribution is -2.45. The molecule has 1 aromatic rings. The summed E-state index contributed by atoms with van der Waals surface area (Å²) in [6, 6.07) is 5.98. The smallest absolute Gasteiger partial charge is 0.165 e. The zero-order valence-corrected chi connectivity index (χ0v) is 12.4. The summed E-state index contributed by atoms with van der Waals surface area (Å²) in [7, 11) is 0. The van der Waals surface area contributed by atoms with Crippen molar-refractivity contribution < 1.29 is 14.6 Å². The molecule has 0 aliphatic carbocycles. The van der Waals surface area contributed by atoms with Crippen LogP contribution < -0.4 is 14.8 Å². The van der Waals surface area contributed by atoms with Crippen molar-refractivity contribution in [3.05, 3.63) is 23.8 Å². The molecule has 0 saturated heterocycles. The van der Waals surface area contributed by atoms with E-state index < -0.39 is 0 Å². The number of nitrogens with one attached hydrogen (secondary N) is 1. The van der Waals surface area contributed by atoms with Crippen molar-refractivity contribution in [3.8, 4) is 11.5 Å². The second kappa shape index (κ2) is 6.95. The van der Waals surface area contributed by atoms with Crippen molar-refractivity contribution in [1.29, 1.82) is 0 Å². The Morgan fingerprint density at radius 2 is 2.10 bits per heavy atom. The number of benzene rings is 1. The minimum Gasteiger partial charge on any atom is -0.490 e. The molecule has 20 heavy (non-hydrogen) atoms. The summed E-state index contributed by atoms with van der Waals surface area (Å²) in [6.07, 6.45) is 2.89. The molecule has 1 unspecified atom stereocenters. The summed E-state index contributed by atoms with van der Waals surface area (Å²) in [5.41, 5.74) is 0.837. The van der Waals surface area contributed by atoms with E-state index in [1.807, 2.05) is 18.2 Å². The first-order valence-corrected chi connectivity index (χ1v) is 7.42. The Balaban J connectivity index is 2.10. The van der Waals surface area contributed by atoms with E-state index in [2.05, 4.69) is 19.2 Å². The third-order valence-corrected chi connectivity index (χ3v) is 3.71. The minimum absolute atomic E-state index is 0.132. The van der Waals surface area contributed by atoms with Crippen molar-refractivity contribution in [2.75, 3.05) is 19.8 Å². The van der Waals surface area contributed by atoms with Gasteiger partial charge in [-0.15, -0.1) is 0 Å². The topological polar surface area (TPSA) is 50.7 Å². The fraction of sp³-hybridized carbons (Fsp3) is 0.625. The second-order valence-electron chi connectivity index (χ2n) is 5.62. The maximum atomic E-state index is 9.56. The summed E-state index contributed by atoms with van der Waals surface area (Å²) in [5.74, 6) is 1.66. The van der Waals surface area contributed by atoms with Crippen LogP contribution in [0.3, 0.4) is 0 Å². The molecule has 1 aliphatic rings. The minimum atomic E-state index is -0.247. The average Bonchev–Trinajstić information content (AvgIpc) is 2.71. The zero-order valence-electron chi connectivity index (χ0n) is 12.4. The highest BCUT2D eigenvalue weighted by molar-refractivity contribution is 5.47. The molecule has 1 aliphatic heterocycles. The van der Waals surface area contributed by atoms with Crippen molar-refractivity contribution in [1.82, 2.24) is 5.32 Å². The van der Waals surface area contributed by atoms with E-state index in [1.165, 1.54) is 0 Å². The summed E-state index contributed by atoms with van der Waals surface area (Å²) >= 11 is 0. The lowest BCUT2D eigenvalue weighted by atomic mass is 9.97. The number of hydrogen-bond acceptors (Lipinski definition) is 4. The molecule has 1 atom stereocenters. The molecule has 112 valence electrons. The number of fused-ring (bicyclic) bond motifs is 1. The summed E-state index contributed by atoms with van der Waals surface area (Å²) in [4.78, 5) is 0. The quantitative estimate of drug-likeness (QED) is 0.840. The Labute approximate surface area is 121 Å². The van der Waals surface area contributed by atoms with Gasteiger partial charge in [-0.05, 0) is 19.4 Å². The third kappa shape index (κ3) is 3.64. The van der Waals surface area contributed by atoms with Gasteiger partial charge in [0, 0.05) is 24.1 Å². The first kappa shape index (κ1) is 15.1. The van der Waals surface area contributed by atoms with Gasteiger partial charge in [0.1, 0.15) is 0 Å². The molecule has 0 bridgehead atoms. The van der Waals surface area contributed by atoms with Crippen LogP contribution in [0.2, 0.25) is 0 Å². The SMILES string of the molecule is CCCC(C)(CO)NCc1cccc2c1OCCCO2. The molecule has 4 heteroatoms. The standard InChI is InChI=1S/C16H25NO3/c1-3-8-16(2,12-18)17-11-13-6-4-7-14-15(13)20-10-5-9-19-14/h4,6-7,17-18H,3,5,8-12H2,1-2H3. The van der Waals surface area contributed by atoms with Crippen molar-refractivity contribution >= 4 is 0 Å². The van der Waals surface area contributed by atoms with Crippen molar-refractivity contribution in [2.24, 2.45) is 0 Å². The van der Waals surface area contributed by atoms with E-state index in [1.54, 1.807) is 0 Å². The summed E-state index contributed by atoms with van der Waals surface area (Å²) < 4.78 is 11.5. The number of hydrogen-bond donors (Lipinski definition) is 2. The predicted molar refractivity (Wildman–Crippen MR) is 79.3 cm³/mol.